The average Bonchev–Trinajstić information content (AvgIpc) is 3.18. The van der Waals surface area contributed by atoms with E-state index in [0.717, 1.165) is 37.5 Å². The fourth-order valence-corrected chi connectivity index (χ4v) is 4.65. The Morgan fingerprint density at radius 1 is 1.25 bits per heavy atom. The number of anilines is 1. The van der Waals surface area contributed by atoms with Crippen molar-refractivity contribution in [1.29, 1.82) is 0 Å². The van der Waals surface area contributed by atoms with Gasteiger partial charge in [-0.2, -0.15) is 10.1 Å². The summed E-state index contributed by atoms with van der Waals surface area (Å²) < 4.78 is 30.0. The van der Waals surface area contributed by atoms with Crippen LogP contribution in [0.1, 0.15) is 25.7 Å². The highest BCUT2D eigenvalue weighted by atomic mass is 32.2. The smallest absolute Gasteiger partial charge is 0.224 e. The monoisotopic (exact) mass is 461 g/mol. The summed E-state index contributed by atoms with van der Waals surface area (Å²) in [6.07, 6.45) is 6.31. The van der Waals surface area contributed by atoms with Crippen molar-refractivity contribution < 1.29 is 23.4 Å². The molecule has 0 spiro atoms. The zero-order chi connectivity index (χ0) is 22.7. The minimum Gasteiger partial charge on any atom is -0.490 e. The van der Waals surface area contributed by atoms with Crippen LogP contribution in [-0.2, 0) is 9.84 Å². The van der Waals surface area contributed by atoms with Gasteiger partial charge in [0.2, 0.25) is 5.95 Å². The molecule has 10 nitrogen and oxygen atoms in total. The minimum absolute atomic E-state index is 0.144. The van der Waals surface area contributed by atoms with E-state index in [1.165, 1.54) is 0 Å². The molecular formula is C21H27N5O5S. The number of ether oxygens (including phenoxy) is 1. The number of rotatable bonds is 8. The van der Waals surface area contributed by atoms with E-state index in [1.807, 2.05) is 6.07 Å². The van der Waals surface area contributed by atoms with Gasteiger partial charge in [-0.3, -0.25) is 0 Å². The lowest BCUT2D eigenvalue weighted by molar-refractivity contribution is 0.125. The second-order valence-corrected chi connectivity index (χ2v) is 10.4. The van der Waals surface area contributed by atoms with E-state index in [1.54, 1.807) is 35.3 Å². The zero-order valence-electron chi connectivity index (χ0n) is 17.8. The highest BCUT2D eigenvalue weighted by molar-refractivity contribution is 7.90. The number of fused-ring (bicyclic) bond motifs is 1. The van der Waals surface area contributed by atoms with E-state index in [9.17, 15) is 18.6 Å². The van der Waals surface area contributed by atoms with Gasteiger partial charge in [-0.1, -0.05) is 6.07 Å². The third kappa shape index (κ3) is 5.53. The lowest BCUT2D eigenvalue weighted by atomic mass is 9.93. The van der Waals surface area contributed by atoms with E-state index < -0.39 is 15.9 Å². The lowest BCUT2D eigenvalue weighted by Crippen LogP contribution is -2.29. The molecule has 1 aliphatic carbocycles. The summed E-state index contributed by atoms with van der Waals surface area (Å²) in [5.74, 6) is 1.22. The first kappa shape index (κ1) is 22.4. The quantitative estimate of drug-likeness (QED) is 0.453. The number of benzene rings is 1. The summed E-state index contributed by atoms with van der Waals surface area (Å²) in [5, 5.41) is 28.1. The van der Waals surface area contributed by atoms with Gasteiger partial charge in [0.1, 0.15) is 28.3 Å². The van der Waals surface area contributed by atoms with Gasteiger partial charge < -0.3 is 20.3 Å². The standard InChI is InChI=1S/C21H27N5O5S/c1-32(29,30)13-16(28)12-31-19-4-2-3-18-17(19)11-23-26(18)20-9-10-22-21(25-20)24-14-5-7-15(27)8-6-14/h2-4,9-11,14-16,27-28H,5-8,12-13H2,1H3,(H,22,24,25)/t14-,15-,16-/m1/s1. The van der Waals surface area contributed by atoms with Gasteiger partial charge in [-0.25, -0.2) is 18.1 Å². The number of hydrogen-bond donors (Lipinski definition) is 3. The molecule has 1 aliphatic rings. The Hall–Kier alpha value is -2.76. The summed E-state index contributed by atoms with van der Waals surface area (Å²) in [7, 11) is -3.30. The largest absolute Gasteiger partial charge is 0.490 e. The van der Waals surface area contributed by atoms with Crippen molar-refractivity contribution in [1.82, 2.24) is 19.7 Å². The number of sulfone groups is 1. The lowest BCUT2D eigenvalue weighted by Gasteiger charge is -2.26. The van der Waals surface area contributed by atoms with Crippen molar-refractivity contribution in [2.24, 2.45) is 0 Å². The Kier molecular flexibility index (Phi) is 6.58. The molecule has 0 saturated heterocycles. The first-order valence-corrected chi connectivity index (χ1v) is 12.6. The number of aromatic nitrogens is 4. The van der Waals surface area contributed by atoms with Crippen LogP contribution in [0.4, 0.5) is 5.95 Å². The van der Waals surface area contributed by atoms with Crippen molar-refractivity contribution >= 4 is 26.7 Å². The molecule has 1 fully saturated rings. The topological polar surface area (TPSA) is 139 Å². The summed E-state index contributed by atoms with van der Waals surface area (Å²) >= 11 is 0. The maximum atomic E-state index is 11.3. The number of nitrogens with zero attached hydrogens (tertiary/aromatic N) is 4. The summed E-state index contributed by atoms with van der Waals surface area (Å²) in [5.41, 5.74) is 0.755. The number of hydrogen-bond acceptors (Lipinski definition) is 9. The second kappa shape index (κ2) is 9.39. The summed E-state index contributed by atoms with van der Waals surface area (Å²) in [6, 6.07) is 7.39. The van der Waals surface area contributed by atoms with Gasteiger partial charge in [0.25, 0.3) is 0 Å². The molecule has 11 heteroatoms. The third-order valence-electron chi connectivity index (χ3n) is 5.39. The van der Waals surface area contributed by atoms with Crippen molar-refractivity contribution in [3.8, 4) is 11.6 Å². The van der Waals surface area contributed by atoms with Gasteiger partial charge in [0.05, 0.1) is 29.0 Å². The predicted octanol–water partition coefficient (Wildman–Crippen LogP) is 1.32. The molecule has 2 aromatic heterocycles. The third-order valence-corrected chi connectivity index (χ3v) is 6.38. The predicted molar refractivity (Wildman–Crippen MR) is 120 cm³/mol. The van der Waals surface area contributed by atoms with Gasteiger partial charge in [0.15, 0.2) is 5.82 Å². The summed E-state index contributed by atoms with van der Waals surface area (Å²) in [6.45, 7) is -0.144. The van der Waals surface area contributed by atoms with Crippen LogP contribution in [0, 0.1) is 0 Å². The Bertz CT molecular complexity index is 1170. The molecule has 0 amide bonds. The van der Waals surface area contributed by atoms with Crippen LogP contribution >= 0.6 is 0 Å². The number of nitrogens with one attached hydrogen (secondary N) is 1. The highest BCUT2D eigenvalue weighted by Crippen LogP contribution is 2.27. The molecule has 0 aliphatic heterocycles. The van der Waals surface area contributed by atoms with E-state index in [-0.39, 0.29) is 24.5 Å². The molecular weight excluding hydrogens is 434 g/mol. The first-order valence-electron chi connectivity index (χ1n) is 10.5. The molecule has 3 aromatic rings. The van der Waals surface area contributed by atoms with Crippen LogP contribution in [0.5, 0.6) is 5.75 Å². The second-order valence-electron chi connectivity index (χ2n) is 8.19. The fraction of sp³-hybridized carbons (Fsp3) is 0.476. The summed E-state index contributed by atoms with van der Waals surface area (Å²) in [4.78, 5) is 8.90. The Morgan fingerprint density at radius 3 is 2.78 bits per heavy atom. The minimum atomic E-state index is -3.30. The van der Waals surface area contributed by atoms with E-state index in [4.69, 9.17) is 4.74 Å². The van der Waals surface area contributed by atoms with E-state index in [2.05, 4.69) is 20.4 Å². The van der Waals surface area contributed by atoms with Crippen LogP contribution in [0.25, 0.3) is 16.7 Å². The zero-order valence-corrected chi connectivity index (χ0v) is 18.6. The van der Waals surface area contributed by atoms with Crippen molar-refractivity contribution in [3.63, 3.8) is 0 Å². The Labute approximate surface area is 186 Å². The molecule has 172 valence electrons. The average molecular weight is 462 g/mol. The molecule has 0 unspecified atom stereocenters. The van der Waals surface area contributed by atoms with Gasteiger partial charge >= 0.3 is 0 Å². The van der Waals surface area contributed by atoms with Crippen molar-refractivity contribution in [2.75, 3.05) is 23.9 Å². The molecule has 0 radical (unpaired) electrons. The van der Waals surface area contributed by atoms with Crippen molar-refractivity contribution in [3.05, 3.63) is 36.7 Å². The van der Waals surface area contributed by atoms with E-state index in [0.29, 0.717) is 22.9 Å². The SMILES string of the molecule is CS(=O)(=O)C[C@H](O)COc1cccc2c1cnn2-c1ccnc(N[C@H]2CC[C@H](O)CC2)n1. The molecule has 4 rings (SSSR count). The highest BCUT2D eigenvalue weighted by Gasteiger charge is 2.20. The molecule has 0 bridgehead atoms. The maximum Gasteiger partial charge on any atom is 0.224 e. The van der Waals surface area contributed by atoms with Gasteiger partial charge in [0, 0.05) is 24.6 Å². The van der Waals surface area contributed by atoms with Crippen LogP contribution in [0.15, 0.2) is 36.7 Å². The number of aliphatic hydroxyl groups is 2. The number of aliphatic hydroxyl groups excluding tert-OH is 2. The maximum absolute atomic E-state index is 11.3. The molecule has 1 saturated carbocycles. The first-order chi connectivity index (χ1) is 15.3. The van der Waals surface area contributed by atoms with Gasteiger partial charge in [-0.05, 0) is 37.8 Å². The molecule has 3 N–H and O–H groups in total. The van der Waals surface area contributed by atoms with Crippen LogP contribution in [0.3, 0.4) is 0 Å². The van der Waals surface area contributed by atoms with Crippen molar-refractivity contribution in [2.45, 2.75) is 43.9 Å². The molecule has 1 aromatic carbocycles. The molecule has 2 heterocycles. The van der Waals surface area contributed by atoms with Crippen LogP contribution in [-0.4, -0.2) is 75.2 Å². The van der Waals surface area contributed by atoms with Crippen LogP contribution in [0.2, 0.25) is 0 Å². The fourth-order valence-electron chi connectivity index (χ4n) is 3.86. The molecule has 32 heavy (non-hydrogen) atoms. The van der Waals surface area contributed by atoms with Gasteiger partial charge in [-0.15, -0.1) is 0 Å². The normalized spacial score (nSPS) is 20.2. The Morgan fingerprint density at radius 2 is 2.03 bits per heavy atom. The molecule has 1 atom stereocenters. The van der Waals surface area contributed by atoms with E-state index >= 15 is 0 Å². The Balaban J connectivity index is 1.51. The van der Waals surface area contributed by atoms with Crippen LogP contribution < -0.4 is 10.1 Å².